The largest absolute Gasteiger partial charge is 0.540 e. The number of carbonyl (C=O) groups is 1. The van der Waals surface area contributed by atoms with E-state index in [1.54, 1.807) is 18.2 Å². The van der Waals surface area contributed by atoms with Gasteiger partial charge in [0.25, 0.3) is 0 Å². The highest BCUT2D eigenvalue weighted by Crippen LogP contribution is 2.53. The van der Waals surface area contributed by atoms with Gasteiger partial charge in [-0.05, 0) is 54.8 Å². The Balaban J connectivity index is 1.40. The Kier molecular flexibility index (Phi) is 4.91. The van der Waals surface area contributed by atoms with Gasteiger partial charge in [0.1, 0.15) is 11.6 Å². The van der Waals surface area contributed by atoms with Crippen LogP contribution in [0.15, 0.2) is 65.6 Å². The molecule has 1 fully saturated rings. The molecule has 2 heterocycles. The van der Waals surface area contributed by atoms with Crippen molar-refractivity contribution in [3.63, 3.8) is 0 Å². The number of ether oxygens (including phenoxy) is 2. The van der Waals surface area contributed by atoms with Gasteiger partial charge in [-0.2, -0.15) is 8.78 Å². The smallest absolute Gasteiger partial charge is 0.409 e. The molecule has 1 N–H and O–H groups in total. The summed E-state index contributed by atoms with van der Waals surface area (Å²) in [6, 6.07) is 15.8. The molecule has 33 heavy (non-hydrogen) atoms. The topological polar surface area (TPSA) is 60.5 Å². The summed E-state index contributed by atoms with van der Waals surface area (Å²) in [4.78, 5) is 18.3. The predicted octanol–water partition coefficient (Wildman–Crippen LogP) is 5.72. The Morgan fingerprint density at radius 1 is 1.00 bits per heavy atom. The van der Waals surface area contributed by atoms with Crippen LogP contribution in [-0.4, -0.2) is 17.2 Å². The first-order valence-corrected chi connectivity index (χ1v) is 10.4. The van der Waals surface area contributed by atoms with E-state index in [0.29, 0.717) is 24.4 Å². The molecule has 0 radical (unpaired) electrons. The monoisotopic (exact) mass is 476 g/mol. The second-order valence-electron chi connectivity index (χ2n) is 7.89. The minimum absolute atomic E-state index is 0.261. The molecule has 1 saturated carbocycles. The lowest BCUT2D eigenvalue weighted by Gasteiger charge is -2.31. The highest BCUT2D eigenvalue weighted by atomic mass is 32.1. The number of aromatic nitrogens is 1. The van der Waals surface area contributed by atoms with Gasteiger partial charge in [-0.15, -0.1) is 21.4 Å². The first-order valence-electron chi connectivity index (χ1n) is 9.96. The van der Waals surface area contributed by atoms with Gasteiger partial charge in [-0.1, -0.05) is 24.3 Å². The molecule has 2 aliphatic rings. The third-order valence-electron chi connectivity index (χ3n) is 5.66. The summed E-state index contributed by atoms with van der Waals surface area (Å²) in [5.41, 5.74) is -0.196. The number of fused-ring (bicyclic) bond motifs is 1. The van der Waals surface area contributed by atoms with Crippen molar-refractivity contribution >= 4 is 24.4 Å². The number of benzene rings is 2. The standard InChI is InChI=1S/C23H16F4N2O3S/c24-22(25)16-12-14(6-9-18(16)31-23(26,27)32-22)21(10-11-21)20(30)29-19-3-1-2-17(28-19)13-4-7-15(33)8-5-13/h1-9,12,33H,10-11H2,(H,28,29,30). The molecule has 5 rings (SSSR count). The molecule has 0 spiro atoms. The van der Waals surface area contributed by atoms with E-state index in [-0.39, 0.29) is 5.56 Å². The zero-order valence-corrected chi connectivity index (χ0v) is 17.7. The number of amides is 1. The summed E-state index contributed by atoms with van der Waals surface area (Å²) in [5, 5.41) is 2.74. The van der Waals surface area contributed by atoms with Crippen LogP contribution in [0.5, 0.6) is 5.75 Å². The van der Waals surface area contributed by atoms with Gasteiger partial charge in [0.2, 0.25) is 5.91 Å². The molecule has 3 aromatic rings. The van der Waals surface area contributed by atoms with E-state index in [4.69, 9.17) is 0 Å². The van der Waals surface area contributed by atoms with Crippen LogP contribution in [0.1, 0.15) is 24.0 Å². The number of alkyl halides is 4. The molecule has 1 amide bonds. The van der Waals surface area contributed by atoms with Crippen molar-refractivity contribution in [1.29, 1.82) is 0 Å². The lowest BCUT2D eigenvalue weighted by Crippen LogP contribution is -2.41. The minimum atomic E-state index is -4.45. The lowest BCUT2D eigenvalue weighted by atomic mass is 9.92. The summed E-state index contributed by atoms with van der Waals surface area (Å²) < 4.78 is 62.6. The number of nitrogens with zero attached hydrogens (tertiary/aromatic N) is 1. The van der Waals surface area contributed by atoms with Gasteiger partial charge in [0.05, 0.1) is 16.7 Å². The molecular weight excluding hydrogens is 460 g/mol. The molecule has 1 aliphatic heterocycles. The van der Waals surface area contributed by atoms with Crippen molar-refractivity contribution in [2.24, 2.45) is 0 Å². The molecule has 10 heteroatoms. The van der Waals surface area contributed by atoms with Crippen molar-refractivity contribution < 1.29 is 31.8 Å². The van der Waals surface area contributed by atoms with Gasteiger partial charge in [-0.25, -0.2) is 9.72 Å². The number of anilines is 1. The zero-order valence-electron chi connectivity index (χ0n) is 16.8. The summed E-state index contributed by atoms with van der Waals surface area (Å²) in [7, 11) is 0. The fraction of sp³-hybridized carbons (Fsp3) is 0.217. The second kappa shape index (κ2) is 7.46. The first kappa shape index (κ1) is 21.7. The van der Waals surface area contributed by atoms with Gasteiger partial charge >= 0.3 is 12.4 Å². The zero-order chi connectivity index (χ0) is 23.4. The normalized spacial score (nSPS) is 19.2. The average Bonchev–Trinajstić information content (AvgIpc) is 3.55. The molecule has 0 saturated heterocycles. The molecule has 0 unspecified atom stereocenters. The molecule has 170 valence electrons. The Morgan fingerprint density at radius 3 is 2.42 bits per heavy atom. The number of hydrogen-bond donors (Lipinski definition) is 2. The highest BCUT2D eigenvalue weighted by Gasteiger charge is 2.56. The van der Waals surface area contributed by atoms with E-state index in [1.165, 1.54) is 6.07 Å². The number of halogens is 4. The van der Waals surface area contributed by atoms with Crippen LogP contribution in [0.2, 0.25) is 0 Å². The van der Waals surface area contributed by atoms with Crippen molar-refractivity contribution in [3.05, 3.63) is 71.8 Å². The summed E-state index contributed by atoms with van der Waals surface area (Å²) in [6.45, 7) is 0. The fourth-order valence-corrected chi connectivity index (χ4v) is 3.95. The molecule has 1 aliphatic carbocycles. The Bertz CT molecular complexity index is 1250. The van der Waals surface area contributed by atoms with E-state index in [2.05, 4.69) is 32.4 Å². The Morgan fingerprint density at radius 2 is 1.73 bits per heavy atom. The maximum Gasteiger partial charge on any atom is 0.540 e. The second-order valence-corrected chi connectivity index (χ2v) is 8.40. The third-order valence-corrected chi connectivity index (χ3v) is 5.96. The van der Waals surface area contributed by atoms with E-state index in [1.807, 2.05) is 24.3 Å². The van der Waals surface area contributed by atoms with Crippen molar-refractivity contribution in [2.75, 3.05) is 5.32 Å². The van der Waals surface area contributed by atoms with Crippen LogP contribution in [0.3, 0.4) is 0 Å². The molecule has 1 aromatic heterocycles. The van der Waals surface area contributed by atoms with E-state index >= 15 is 0 Å². The molecule has 5 nitrogen and oxygen atoms in total. The van der Waals surface area contributed by atoms with Crippen LogP contribution < -0.4 is 10.1 Å². The quantitative estimate of drug-likeness (QED) is 0.374. The molecule has 2 aromatic carbocycles. The fourth-order valence-electron chi connectivity index (χ4n) is 3.80. The predicted molar refractivity (Wildman–Crippen MR) is 113 cm³/mol. The number of pyridine rings is 1. The molecular formula is C23H16F4N2O3S. The number of thiol groups is 1. The Labute approximate surface area is 191 Å². The maximum absolute atomic E-state index is 14.2. The minimum Gasteiger partial charge on any atom is -0.409 e. The van der Waals surface area contributed by atoms with Crippen LogP contribution >= 0.6 is 12.6 Å². The Hall–Kier alpha value is -3.11. The third kappa shape index (κ3) is 4.04. The summed E-state index contributed by atoms with van der Waals surface area (Å²) in [5.74, 6) is -0.824. The van der Waals surface area contributed by atoms with Crippen molar-refractivity contribution in [3.8, 4) is 17.0 Å². The van der Waals surface area contributed by atoms with Crippen molar-refractivity contribution in [1.82, 2.24) is 4.98 Å². The van der Waals surface area contributed by atoms with Crippen LogP contribution in [0.4, 0.5) is 23.4 Å². The number of rotatable bonds is 4. The lowest BCUT2D eigenvalue weighted by molar-refractivity contribution is -0.461. The van der Waals surface area contributed by atoms with Crippen LogP contribution in [0.25, 0.3) is 11.3 Å². The number of carbonyl (C=O) groups excluding carboxylic acids is 1. The molecule has 0 bridgehead atoms. The van der Waals surface area contributed by atoms with Crippen LogP contribution in [0, 0.1) is 0 Å². The van der Waals surface area contributed by atoms with Crippen molar-refractivity contribution in [2.45, 2.75) is 35.6 Å². The van der Waals surface area contributed by atoms with Gasteiger partial charge in [0.15, 0.2) is 0 Å². The highest BCUT2D eigenvalue weighted by molar-refractivity contribution is 7.80. The van der Waals surface area contributed by atoms with E-state index in [0.717, 1.165) is 22.6 Å². The van der Waals surface area contributed by atoms with Gasteiger partial charge in [-0.3, -0.25) is 4.79 Å². The van der Waals surface area contributed by atoms with E-state index in [9.17, 15) is 22.4 Å². The number of nitrogens with one attached hydrogen (secondary N) is 1. The van der Waals surface area contributed by atoms with E-state index < -0.39 is 35.0 Å². The molecule has 0 atom stereocenters. The van der Waals surface area contributed by atoms with Crippen LogP contribution in [-0.2, 0) is 21.1 Å². The first-order chi connectivity index (χ1) is 15.6. The summed E-state index contributed by atoms with van der Waals surface area (Å²) >= 11 is 4.26. The number of hydrogen-bond acceptors (Lipinski definition) is 5. The van der Waals surface area contributed by atoms with Gasteiger partial charge in [0, 0.05) is 10.5 Å². The summed E-state index contributed by atoms with van der Waals surface area (Å²) in [6.07, 6.45) is -7.90. The maximum atomic E-state index is 14.2. The average molecular weight is 476 g/mol. The van der Waals surface area contributed by atoms with Gasteiger partial charge < -0.3 is 10.1 Å². The SMILES string of the molecule is O=C(Nc1cccc(-c2ccc(S)cc2)n1)C1(c2ccc3c(c2)C(F)(F)OC(F)(F)O3)CC1.